The maximum absolute atomic E-state index is 13.2. The van der Waals surface area contributed by atoms with Crippen LogP contribution in [0.5, 0.6) is 5.88 Å². The van der Waals surface area contributed by atoms with Gasteiger partial charge < -0.3 is 10.5 Å². The zero-order valence-electron chi connectivity index (χ0n) is 11.2. The van der Waals surface area contributed by atoms with E-state index in [2.05, 4.69) is 9.71 Å². The molecular formula is C13H14FN3O3S. The van der Waals surface area contributed by atoms with Crippen LogP contribution in [-0.2, 0) is 16.6 Å². The third-order valence-electron chi connectivity index (χ3n) is 2.68. The van der Waals surface area contributed by atoms with Crippen LogP contribution in [0.25, 0.3) is 0 Å². The summed E-state index contributed by atoms with van der Waals surface area (Å²) in [6, 6.07) is 6.44. The van der Waals surface area contributed by atoms with Crippen molar-refractivity contribution in [3.05, 3.63) is 47.9 Å². The van der Waals surface area contributed by atoms with Crippen LogP contribution in [0.1, 0.15) is 5.56 Å². The van der Waals surface area contributed by atoms with Crippen LogP contribution in [0.2, 0.25) is 0 Å². The third kappa shape index (κ3) is 3.89. The third-order valence-corrected chi connectivity index (χ3v) is 4.06. The lowest BCUT2D eigenvalue weighted by atomic mass is 10.3. The summed E-state index contributed by atoms with van der Waals surface area (Å²) in [5.74, 6) is -0.277. The van der Waals surface area contributed by atoms with E-state index in [0.29, 0.717) is 11.4 Å². The van der Waals surface area contributed by atoms with Gasteiger partial charge in [-0.15, -0.1) is 0 Å². The Hall–Kier alpha value is -2.19. The molecule has 0 spiro atoms. The molecule has 1 aromatic carbocycles. The Morgan fingerprint density at radius 1 is 1.33 bits per heavy atom. The molecule has 0 bridgehead atoms. The van der Waals surface area contributed by atoms with Crippen molar-refractivity contribution in [2.45, 2.75) is 11.4 Å². The first-order valence-corrected chi connectivity index (χ1v) is 7.44. The van der Waals surface area contributed by atoms with E-state index in [1.807, 2.05) is 0 Å². The fourth-order valence-corrected chi connectivity index (χ4v) is 2.72. The van der Waals surface area contributed by atoms with E-state index in [0.717, 1.165) is 12.1 Å². The van der Waals surface area contributed by atoms with Crippen LogP contribution in [-0.4, -0.2) is 20.5 Å². The molecule has 8 heteroatoms. The molecular weight excluding hydrogens is 297 g/mol. The van der Waals surface area contributed by atoms with E-state index in [1.165, 1.54) is 19.4 Å². The van der Waals surface area contributed by atoms with Crippen LogP contribution in [0.15, 0.2) is 41.4 Å². The quantitative estimate of drug-likeness (QED) is 0.811. The summed E-state index contributed by atoms with van der Waals surface area (Å²) in [4.78, 5) is 3.74. The lowest BCUT2D eigenvalue weighted by Gasteiger charge is -2.08. The number of benzene rings is 1. The summed E-state index contributed by atoms with van der Waals surface area (Å²) < 4.78 is 44.6. The standard InChI is InChI=1S/C13H14FN3O3S/c1-20-13-3-2-9(7-16-13)8-17-21(18,19)12-5-10(14)4-11(15)6-12/h2-7,17H,8,15H2,1H3. The first-order valence-electron chi connectivity index (χ1n) is 5.95. The molecule has 1 heterocycles. The van der Waals surface area contributed by atoms with Crippen molar-refractivity contribution >= 4 is 15.7 Å². The van der Waals surface area contributed by atoms with E-state index in [-0.39, 0.29) is 17.1 Å². The van der Waals surface area contributed by atoms with Gasteiger partial charge in [-0.05, 0) is 23.8 Å². The SMILES string of the molecule is COc1ccc(CNS(=O)(=O)c2cc(N)cc(F)c2)cn1. The molecule has 2 aromatic rings. The average molecular weight is 311 g/mol. The van der Waals surface area contributed by atoms with Gasteiger partial charge in [-0.3, -0.25) is 0 Å². The summed E-state index contributed by atoms with van der Waals surface area (Å²) in [6.07, 6.45) is 1.49. The predicted molar refractivity (Wildman–Crippen MR) is 75.6 cm³/mol. The Labute approximate surface area is 121 Å². The van der Waals surface area contributed by atoms with E-state index < -0.39 is 15.8 Å². The number of nitrogens with zero attached hydrogens (tertiary/aromatic N) is 1. The van der Waals surface area contributed by atoms with Crippen molar-refractivity contribution in [1.82, 2.24) is 9.71 Å². The minimum atomic E-state index is -3.85. The van der Waals surface area contributed by atoms with Gasteiger partial charge in [-0.1, -0.05) is 6.07 Å². The highest BCUT2D eigenvalue weighted by Gasteiger charge is 2.15. The van der Waals surface area contributed by atoms with Crippen LogP contribution in [0, 0.1) is 5.82 Å². The first kappa shape index (κ1) is 15.2. The lowest BCUT2D eigenvalue weighted by molar-refractivity contribution is 0.397. The van der Waals surface area contributed by atoms with Crippen molar-refractivity contribution in [2.24, 2.45) is 0 Å². The molecule has 0 amide bonds. The molecule has 0 saturated heterocycles. The van der Waals surface area contributed by atoms with Crippen molar-refractivity contribution in [3.8, 4) is 5.88 Å². The van der Waals surface area contributed by atoms with E-state index in [4.69, 9.17) is 10.5 Å². The molecule has 21 heavy (non-hydrogen) atoms. The van der Waals surface area contributed by atoms with Gasteiger partial charge in [0.15, 0.2) is 0 Å². The van der Waals surface area contributed by atoms with E-state index in [9.17, 15) is 12.8 Å². The number of nitrogens with two attached hydrogens (primary N) is 1. The molecule has 6 nitrogen and oxygen atoms in total. The molecule has 0 saturated carbocycles. The maximum atomic E-state index is 13.2. The monoisotopic (exact) mass is 311 g/mol. The smallest absolute Gasteiger partial charge is 0.241 e. The van der Waals surface area contributed by atoms with Crippen molar-refractivity contribution in [3.63, 3.8) is 0 Å². The zero-order chi connectivity index (χ0) is 15.5. The fourth-order valence-electron chi connectivity index (χ4n) is 1.64. The highest BCUT2D eigenvalue weighted by atomic mass is 32.2. The van der Waals surface area contributed by atoms with Crippen LogP contribution >= 0.6 is 0 Å². The van der Waals surface area contributed by atoms with Gasteiger partial charge in [0, 0.05) is 24.5 Å². The number of hydrogen-bond donors (Lipinski definition) is 2. The summed E-state index contributed by atoms with van der Waals surface area (Å²) in [5.41, 5.74) is 6.12. The highest BCUT2D eigenvalue weighted by molar-refractivity contribution is 7.89. The molecule has 0 atom stereocenters. The number of nitrogens with one attached hydrogen (secondary N) is 1. The van der Waals surface area contributed by atoms with E-state index in [1.54, 1.807) is 12.1 Å². The summed E-state index contributed by atoms with van der Waals surface area (Å²) in [6.45, 7) is 0.0236. The molecule has 2 rings (SSSR count). The molecule has 0 aliphatic carbocycles. The van der Waals surface area contributed by atoms with Crippen LogP contribution in [0.4, 0.5) is 10.1 Å². The number of methoxy groups -OCH3 is 1. The number of hydrogen-bond acceptors (Lipinski definition) is 5. The lowest BCUT2D eigenvalue weighted by Crippen LogP contribution is -2.23. The number of anilines is 1. The predicted octanol–water partition coefficient (Wildman–Crippen LogP) is 1.29. The van der Waals surface area contributed by atoms with Crippen LogP contribution in [0.3, 0.4) is 0 Å². The fraction of sp³-hybridized carbons (Fsp3) is 0.154. The summed E-state index contributed by atoms with van der Waals surface area (Å²) in [7, 11) is -2.36. The number of nitrogen functional groups attached to an aromatic ring is 1. The number of ether oxygens (including phenoxy) is 1. The molecule has 1 aromatic heterocycles. The normalized spacial score (nSPS) is 11.3. The maximum Gasteiger partial charge on any atom is 0.241 e. The Balaban J connectivity index is 2.13. The van der Waals surface area contributed by atoms with Crippen molar-refractivity contribution < 1.29 is 17.5 Å². The molecule has 112 valence electrons. The molecule has 0 aliphatic rings. The topological polar surface area (TPSA) is 94.3 Å². The number of halogens is 1. The van der Waals surface area contributed by atoms with Gasteiger partial charge >= 0.3 is 0 Å². The molecule has 3 N–H and O–H groups in total. The summed E-state index contributed by atoms with van der Waals surface area (Å²) in [5, 5.41) is 0. The van der Waals surface area contributed by atoms with Gasteiger partial charge in [-0.25, -0.2) is 22.5 Å². The second-order valence-corrected chi connectivity index (χ2v) is 6.02. The second kappa shape index (κ2) is 6.06. The summed E-state index contributed by atoms with van der Waals surface area (Å²) >= 11 is 0. The van der Waals surface area contributed by atoms with E-state index >= 15 is 0 Å². The van der Waals surface area contributed by atoms with Gasteiger partial charge in [0.05, 0.1) is 12.0 Å². The van der Waals surface area contributed by atoms with Crippen LogP contribution < -0.4 is 15.2 Å². The number of pyridine rings is 1. The number of sulfonamides is 1. The second-order valence-electron chi connectivity index (χ2n) is 4.25. The minimum absolute atomic E-state index is 0.0236. The molecule has 0 fully saturated rings. The van der Waals surface area contributed by atoms with Gasteiger partial charge in [0.2, 0.25) is 15.9 Å². The Morgan fingerprint density at radius 2 is 2.10 bits per heavy atom. The first-order chi connectivity index (χ1) is 9.90. The Bertz CT molecular complexity index is 713. The Kier molecular flexibility index (Phi) is 4.39. The molecule has 0 unspecified atom stereocenters. The molecule has 0 aliphatic heterocycles. The average Bonchev–Trinajstić information content (AvgIpc) is 2.45. The van der Waals surface area contributed by atoms with Gasteiger partial charge in [0.1, 0.15) is 5.82 Å². The minimum Gasteiger partial charge on any atom is -0.481 e. The zero-order valence-corrected chi connectivity index (χ0v) is 12.0. The Morgan fingerprint density at radius 3 is 2.67 bits per heavy atom. The number of rotatable bonds is 5. The van der Waals surface area contributed by atoms with Crippen molar-refractivity contribution in [2.75, 3.05) is 12.8 Å². The van der Waals surface area contributed by atoms with Gasteiger partial charge in [-0.2, -0.15) is 0 Å². The highest BCUT2D eigenvalue weighted by Crippen LogP contribution is 2.16. The number of aromatic nitrogens is 1. The largest absolute Gasteiger partial charge is 0.481 e. The van der Waals surface area contributed by atoms with Gasteiger partial charge in [0.25, 0.3) is 0 Å². The molecule has 0 radical (unpaired) electrons. The van der Waals surface area contributed by atoms with Crippen molar-refractivity contribution in [1.29, 1.82) is 0 Å².